The van der Waals surface area contributed by atoms with Crippen molar-refractivity contribution in [2.75, 3.05) is 6.54 Å². The number of amides is 1. The standard InChI is InChI=1S/C15H15N5O2/c1-19-14(21)6-5-12(18-19)15(22)16-8-7-11-10-20-9-3-2-4-13(20)17-11/h2-6,9-10H,7-8H2,1H3,(H,16,22). The van der Waals surface area contributed by atoms with Crippen LogP contribution in [-0.2, 0) is 13.5 Å². The number of hydrogen-bond acceptors (Lipinski definition) is 4. The van der Waals surface area contributed by atoms with E-state index in [0.29, 0.717) is 13.0 Å². The first-order valence-corrected chi connectivity index (χ1v) is 6.89. The molecule has 3 aromatic heterocycles. The predicted molar refractivity (Wildman–Crippen MR) is 80.7 cm³/mol. The first-order chi connectivity index (χ1) is 10.6. The topological polar surface area (TPSA) is 81.3 Å². The molecule has 3 rings (SSSR count). The van der Waals surface area contributed by atoms with Crippen molar-refractivity contribution >= 4 is 11.6 Å². The van der Waals surface area contributed by atoms with Crippen LogP contribution in [0.5, 0.6) is 0 Å². The third kappa shape index (κ3) is 2.88. The largest absolute Gasteiger partial charge is 0.350 e. The number of carbonyl (C=O) groups is 1. The highest BCUT2D eigenvalue weighted by molar-refractivity contribution is 5.91. The number of aromatic nitrogens is 4. The van der Waals surface area contributed by atoms with Gasteiger partial charge in [0.05, 0.1) is 5.69 Å². The van der Waals surface area contributed by atoms with Crippen LogP contribution >= 0.6 is 0 Å². The Kier molecular flexibility index (Phi) is 3.69. The average molecular weight is 297 g/mol. The van der Waals surface area contributed by atoms with Crippen LogP contribution in [-0.4, -0.2) is 31.6 Å². The third-order valence-corrected chi connectivity index (χ3v) is 3.27. The number of imidazole rings is 1. The molecule has 3 aromatic rings. The van der Waals surface area contributed by atoms with E-state index in [0.717, 1.165) is 16.0 Å². The molecule has 0 spiro atoms. The average Bonchev–Trinajstić information content (AvgIpc) is 2.92. The molecule has 112 valence electrons. The molecule has 0 atom stereocenters. The molecule has 7 heteroatoms. The number of carbonyl (C=O) groups excluding carboxylic acids is 1. The van der Waals surface area contributed by atoms with E-state index in [9.17, 15) is 9.59 Å². The Morgan fingerprint density at radius 2 is 2.14 bits per heavy atom. The summed E-state index contributed by atoms with van der Waals surface area (Å²) < 4.78 is 3.07. The summed E-state index contributed by atoms with van der Waals surface area (Å²) in [6.45, 7) is 0.452. The summed E-state index contributed by atoms with van der Waals surface area (Å²) in [5.41, 5.74) is 1.75. The summed E-state index contributed by atoms with van der Waals surface area (Å²) in [5.74, 6) is -0.306. The Morgan fingerprint density at radius 1 is 1.27 bits per heavy atom. The number of aryl methyl sites for hydroxylation is 1. The Labute approximate surface area is 126 Å². The molecule has 7 nitrogen and oxygen atoms in total. The van der Waals surface area contributed by atoms with E-state index in [1.54, 1.807) is 0 Å². The monoisotopic (exact) mass is 297 g/mol. The van der Waals surface area contributed by atoms with Crippen molar-refractivity contribution in [3.63, 3.8) is 0 Å². The Balaban J connectivity index is 1.61. The molecule has 22 heavy (non-hydrogen) atoms. The zero-order valence-electron chi connectivity index (χ0n) is 12.1. The van der Waals surface area contributed by atoms with E-state index in [1.165, 1.54) is 19.2 Å². The third-order valence-electron chi connectivity index (χ3n) is 3.27. The lowest BCUT2D eigenvalue weighted by molar-refractivity contribution is 0.0947. The molecule has 0 saturated heterocycles. The van der Waals surface area contributed by atoms with Gasteiger partial charge in [-0.1, -0.05) is 6.07 Å². The van der Waals surface area contributed by atoms with Gasteiger partial charge in [-0.05, 0) is 18.2 Å². The van der Waals surface area contributed by atoms with Gasteiger partial charge in [0.1, 0.15) is 11.3 Å². The summed E-state index contributed by atoms with van der Waals surface area (Å²) in [6, 6.07) is 8.54. The lowest BCUT2D eigenvalue weighted by atomic mass is 10.3. The molecular weight excluding hydrogens is 282 g/mol. The van der Waals surface area contributed by atoms with Gasteiger partial charge in [-0.2, -0.15) is 5.10 Å². The minimum absolute atomic E-state index is 0.220. The minimum Gasteiger partial charge on any atom is -0.350 e. The molecule has 1 N–H and O–H groups in total. The van der Waals surface area contributed by atoms with Crippen LogP contribution in [0.3, 0.4) is 0 Å². The SMILES string of the molecule is Cn1nc(C(=O)NCCc2cn3ccccc3n2)ccc1=O. The van der Waals surface area contributed by atoms with Gasteiger partial charge in [0.15, 0.2) is 0 Å². The molecule has 0 fully saturated rings. The number of fused-ring (bicyclic) bond motifs is 1. The van der Waals surface area contributed by atoms with Gasteiger partial charge in [0.25, 0.3) is 11.5 Å². The smallest absolute Gasteiger partial charge is 0.271 e. The Bertz CT molecular complexity index is 848. The quantitative estimate of drug-likeness (QED) is 0.756. The summed E-state index contributed by atoms with van der Waals surface area (Å²) in [6.07, 6.45) is 4.49. The first kappa shape index (κ1) is 14.0. The van der Waals surface area contributed by atoms with Gasteiger partial charge < -0.3 is 9.72 Å². The number of nitrogens with zero attached hydrogens (tertiary/aromatic N) is 4. The lowest BCUT2D eigenvalue weighted by Crippen LogP contribution is -2.29. The van der Waals surface area contributed by atoms with Gasteiger partial charge in [-0.3, -0.25) is 9.59 Å². The first-order valence-electron chi connectivity index (χ1n) is 6.89. The highest BCUT2D eigenvalue weighted by Crippen LogP contribution is 2.04. The molecule has 0 bridgehead atoms. The van der Waals surface area contributed by atoms with E-state index < -0.39 is 0 Å². The molecule has 0 saturated carbocycles. The van der Waals surface area contributed by atoms with Crippen molar-refractivity contribution in [3.8, 4) is 0 Å². The molecule has 1 amide bonds. The van der Waals surface area contributed by atoms with Crippen LogP contribution in [0.4, 0.5) is 0 Å². The van der Waals surface area contributed by atoms with Crippen LogP contribution < -0.4 is 10.9 Å². The zero-order chi connectivity index (χ0) is 15.5. The summed E-state index contributed by atoms with van der Waals surface area (Å²) in [7, 11) is 1.51. The van der Waals surface area contributed by atoms with Crippen molar-refractivity contribution in [3.05, 3.63) is 64.5 Å². The molecular formula is C15H15N5O2. The van der Waals surface area contributed by atoms with Gasteiger partial charge in [0, 0.05) is 38.5 Å². The second-order valence-electron chi connectivity index (χ2n) is 4.88. The number of pyridine rings is 1. The number of rotatable bonds is 4. The summed E-state index contributed by atoms with van der Waals surface area (Å²) in [4.78, 5) is 27.7. The van der Waals surface area contributed by atoms with Gasteiger partial charge in [-0.15, -0.1) is 0 Å². The Morgan fingerprint density at radius 3 is 2.91 bits per heavy atom. The maximum atomic E-state index is 12.0. The summed E-state index contributed by atoms with van der Waals surface area (Å²) in [5, 5.41) is 6.68. The van der Waals surface area contributed by atoms with Crippen LogP contribution in [0.2, 0.25) is 0 Å². The zero-order valence-corrected chi connectivity index (χ0v) is 12.1. The highest BCUT2D eigenvalue weighted by atomic mass is 16.2. The van der Waals surface area contributed by atoms with E-state index in [-0.39, 0.29) is 17.2 Å². The Hall–Kier alpha value is -2.96. The van der Waals surface area contributed by atoms with Gasteiger partial charge in [0.2, 0.25) is 0 Å². The number of nitrogens with one attached hydrogen (secondary N) is 1. The molecule has 0 aliphatic rings. The normalized spacial score (nSPS) is 10.8. The molecule has 0 aliphatic heterocycles. The predicted octanol–water partition coefficient (Wildman–Crippen LogP) is 0.400. The van der Waals surface area contributed by atoms with Crippen molar-refractivity contribution in [1.29, 1.82) is 0 Å². The fourth-order valence-electron chi connectivity index (χ4n) is 2.13. The van der Waals surface area contributed by atoms with E-state index in [4.69, 9.17) is 0 Å². The minimum atomic E-state index is -0.306. The molecule has 3 heterocycles. The lowest BCUT2D eigenvalue weighted by Gasteiger charge is -2.04. The molecule has 0 aromatic carbocycles. The second-order valence-corrected chi connectivity index (χ2v) is 4.88. The second kappa shape index (κ2) is 5.80. The highest BCUT2D eigenvalue weighted by Gasteiger charge is 2.08. The fraction of sp³-hybridized carbons (Fsp3) is 0.200. The summed E-state index contributed by atoms with van der Waals surface area (Å²) >= 11 is 0. The van der Waals surface area contributed by atoms with E-state index >= 15 is 0 Å². The maximum absolute atomic E-state index is 12.0. The van der Waals surface area contributed by atoms with Crippen molar-refractivity contribution in [2.24, 2.45) is 7.05 Å². The van der Waals surface area contributed by atoms with Crippen LogP contribution in [0.15, 0.2) is 47.5 Å². The van der Waals surface area contributed by atoms with E-state index in [1.807, 2.05) is 35.0 Å². The molecule has 0 aliphatic carbocycles. The van der Waals surface area contributed by atoms with Crippen LogP contribution in [0.1, 0.15) is 16.2 Å². The van der Waals surface area contributed by atoms with Gasteiger partial charge >= 0.3 is 0 Å². The van der Waals surface area contributed by atoms with Crippen LogP contribution in [0.25, 0.3) is 5.65 Å². The molecule has 0 radical (unpaired) electrons. The van der Waals surface area contributed by atoms with Gasteiger partial charge in [-0.25, -0.2) is 9.67 Å². The maximum Gasteiger partial charge on any atom is 0.271 e. The van der Waals surface area contributed by atoms with Crippen LogP contribution in [0, 0.1) is 0 Å². The van der Waals surface area contributed by atoms with Crippen molar-refractivity contribution < 1.29 is 4.79 Å². The molecule has 0 unspecified atom stereocenters. The fourth-order valence-corrected chi connectivity index (χ4v) is 2.13. The van der Waals surface area contributed by atoms with Crippen molar-refractivity contribution in [1.82, 2.24) is 24.5 Å². The van der Waals surface area contributed by atoms with E-state index in [2.05, 4.69) is 15.4 Å². The van der Waals surface area contributed by atoms with Crippen molar-refractivity contribution in [2.45, 2.75) is 6.42 Å². The number of hydrogen-bond donors (Lipinski definition) is 1.